The third-order valence-corrected chi connectivity index (χ3v) is 8.81. The molecule has 0 unspecified atom stereocenters. The molecule has 2 N–H and O–H groups in total. The highest BCUT2D eigenvalue weighted by molar-refractivity contribution is 5.73. The molecular formula is C28H32N2O5. The van der Waals surface area contributed by atoms with Crippen molar-refractivity contribution in [3.63, 3.8) is 0 Å². The van der Waals surface area contributed by atoms with Gasteiger partial charge < -0.3 is 19.8 Å². The number of phenols is 1. The Morgan fingerprint density at radius 3 is 2.86 bits per heavy atom. The van der Waals surface area contributed by atoms with Crippen molar-refractivity contribution in [2.24, 2.45) is 0 Å². The van der Waals surface area contributed by atoms with Crippen LogP contribution in [0.25, 0.3) is 0 Å². The third-order valence-electron chi connectivity index (χ3n) is 8.81. The molecule has 0 radical (unpaired) electrons. The van der Waals surface area contributed by atoms with Crippen molar-refractivity contribution in [1.82, 2.24) is 9.96 Å². The fraction of sp³-hybridized carbons (Fsp3) is 0.464. The van der Waals surface area contributed by atoms with Crippen molar-refractivity contribution in [3.05, 3.63) is 65.7 Å². The number of rotatable bonds is 5. The van der Waals surface area contributed by atoms with Gasteiger partial charge in [0, 0.05) is 25.1 Å². The average molecular weight is 477 g/mol. The second-order valence-corrected chi connectivity index (χ2v) is 10.4. The predicted molar refractivity (Wildman–Crippen MR) is 130 cm³/mol. The third kappa shape index (κ3) is 2.88. The number of para-hydroxylation sites is 1. The average Bonchev–Trinajstić information content (AvgIpc) is 3.18. The molecule has 35 heavy (non-hydrogen) atoms. The van der Waals surface area contributed by atoms with Crippen molar-refractivity contribution >= 4 is 5.91 Å². The quantitative estimate of drug-likeness (QED) is 0.509. The minimum Gasteiger partial charge on any atom is -0.504 e. The maximum atomic E-state index is 13.0. The first-order valence-corrected chi connectivity index (χ1v) is 12.4. The first-order valence-electron chi connectivity index (χ1n) is 12.4. The normalized spacial score (nSPS) is 32.4. The van der Waals surface area contributed by atoms with Crippen LogP contribution in [0.15, 0.2) is 49.1 Å². The van der Waals surface area contributed by atoms with Crippen LogP contribution in [-0.4, -0.2) is 63.0 Å². The highest BCUT2D eigenvalue weighted by atomic mass is 16.7. The van der Waals surface area contributed by atoms with Gasteiger partial charge in [-0.05, 0) is 62.4 Å². The maximum absolute atomic E-state index is 13.0. The summed E-state index contributed by atoms with van der Waals surface area (Å²) < 4.78 is 6.56. The number of carbonyl (C=O) groups excluding carboxylic acids is 1. The maximum Gasteiger partial charge on any atom is 0.252 e. The summed E-state index contributed by atoms with van der Waals surface area (Å²) in [5.74, 6) is 0.922. The number of ether oxygens (including phenoxy) is 1. The Bertz CT molecular complexity index is 1210. The molecule has 2 aromatic rings. The monoisotopic (exact) mass is 476 g/mol. The van der Waals surface area contributed by atoms with Gasteiger partial charge in [-0.1, -0.05) is 30.3 Å². The van der Waals surface area contributed by atoms with E-state index in [0.717, 1.165) is 23.2 Å². The molecule has 184 valence electrons. The lowest BCUT2D eigenvalue weighted by Gasteiger charge is -2.64. The number of aryl methyl sites for hydroxylation is 1. The number of aromatic hydroxyl groups is 1. The number of benzene rings is 2. The largest absolute Gasteiger partial charge is 0.504 e. The van der Waals surface area contributed by atoms with Crippen LogP contribution < -0.4 is 9.57 Å². The molecule has 0 aromatic heterocycles. The van der Waals surface area contributed by atoms with E-state index in [1.54, 1.807) is 6.07 Å². The van der Waals surface area contributed by atoms with Crippen LogP contribution in [0.2, 0.25) is 0 Å². The van der Waals surface area contributed by atoms with E-state index in [0.29, 0.717) is 43.7 Å². The summed E-state index contributed by atoms with van der Waals surface area (Å²) in [6, 6.07) is 10.7. The molecule has 1 amide bonds. The zero-order chi connectivity index (χ0) is 24.5. The van der Waals surface area contributed by atoms with Crippen LogP contribution in [0.4, 0.5) is 0 Å². The van der Waals surface area contributed by atoms with Crippen molar-refractivity contribution in [1.29, 1.82) is 0 Å². The van der Waals surface area contributed by atoms with Crippen LogP contribution in [0.5, 0.6) is 17.2 Å². The van der Waals surface area contributed by atoms with Gasteiger partial charge >= 0.3 is 0 Å². The molecule has 7 heteroatoms. The lowest BCUT2D eigenvalue weighted by Crippen LogP contribution is -2.78. The smallest absolute Gasteiger partial charge is 0.252 e. The van der Waals surface area contributed by atoms with E-state index in [2.05, 4.69) is 11.5 Å². The van der Waals surface area contributed by atoms with Gasteiger partial charge in [0.05, 0.1) is 11.0 Å². The summed E-state index contributed by atoms with van der Waals surface area (Å²) >= 11 is 0. The van der Waals surface area contributed by atoms with Gasteiger partial charge in [-0.15, -0.1) is 6.58 Å². The van der Waals surface area contributed by atoms with E-state index in [9.17, 15) is 15.0 Å². The summed E-state index contributed by atoms with van der Waals surface area (Å²) in [7, 11) is 0. The molecule has 2 bridgehead atoms. The molecule has 2 fully saturated rings. The van der Waals surface area contributed by atoms with Gasteiger partial charge in [0.15, 0.2) is 17.2 Å². The fourth-order valence-electron chi connectivity index (χ4n) is 7.36. The Hall–Kier alpha value is -3.03. The molecule has 5 atom stereocenters. The lowest BCUT2D eigenvalue weighted by molar-refractivity contribution is -0.224. The van der Waals surface area contributed by atoms with Crippen LogP contribution in [0.3, 0.4) is 0 Å². The minimum absolute atomic E-state index is 0.0785. The number of likely N-dealkylation sites (tertiary alicyclic amines) is 1. The van der Waals surface area contributed by atoms with Gasteiger partial charge in [0.2, 0.25) is 0 Å². The van der Waals surface area contributed by atoms with Crippen molar-refractivity contribution < 1.29 is 24.6 Å². The highest BCUT2D eigenvalue weighted by Gasteiger charge is 2.73. The zero-order valence-electron chi connectivity index (χ0n) is 20.2. The first kappa shape index (κ1) is 22.4. The number of aliphatic hydroxyl groups is 1. The van der Waals surface area contributed by atoms with Crippen LogP contribution in [0, 0.1) is 6.92 Å². The number of hydroxylamine groups is 2. The van der Waals surface area contributed by atoms with Gasteiger partial charge in [0.1, 0.15) is 12.1 Å². The second kappa shape index (κ2) is 7.73. The van der Waals surface area contributed by atoms with E-state index < -0.39 is 23.2 Å². The first-order chi connectivity index (χ1) is 16.8. The van der Waals surface area contributed by atoms with Crippen molar-refractivity contribution in [2.75, 3.05) is 13.1 Å². The molecule has 2 aliphatic carbocycles. The van der Waals surface area contributed by atoms with E-state index in [-0.39, 0.29) is 17.7 Å². The van der Waals surface area contributed by atoms with E-state index in [1.807, 2.05) is 43.3 Å². The summed E-state index contributed by atoms with van der Waals surface area (Å²) in [5, 5.41) is 24.7. The fourth-order valence-corrected chi connectivity index (χ4v) is 7.36. The summed E-state index contributed by atoms with van der Waals surface area (Å²) in [4.78, 5) is 21.5. The SMILES string of the molecule is C=CCN1CC[C@]23c4c5ccc(O)c4O[C@H]2[C@H](N(Oc2ccccc2C)C(C)=O)CC[C@@]3(O)[C@H]1C5. The van der Waals surface area contributed by atoms with Gasteiger partial charge in [0.25, 0.3) is 5.91 Å². The molecule has 7 nitrogen and oxygen atoms in total. The molecule has 2 aromatic carbocycles. The topological polar surface area (TPSA) is 82.5 Å². The number of carbonyl (C=O) groups is 1. The molecule has 2 aliphatic heterocycles. The molecule has 6 rings (SSSR count). The molecule has 1 saturated carbocycles. The molecule has 4 aliphatic rings. The van der Waals surface area contributed by atoms with Crippen molar-refractivity contribution in [2.45, 2.75) is 68.7 Å². The van der Waals surface area contributed by atoms with Crippen LogP contribution in [-0.2, 0) is 16.6 Å². The standard InChI is InChI=1S/C28H32N2O5/c1-4-14-29-15-13-27-24-19-9-10-21(32)25(24)34-26(27)20(11-12-28(27,33)23(29)16-19)30(18(3)31)35-22-8-6-5-7-17(22)2/h4-10,20,23,26,32-33H,1,11-16H2,2-3H3/t20-,23-,26+,27+,28-/m1/s1. The molecule has 2 heterocycles. The van der Waals surface area contributed by atoms with E-state index in [4.69, 9.17) is 9.57 Å². The Balaban J connectivity index is 1.48. The number of piperidine rings is 1. The summed E-state index contributed by atoms with van der Waals surface area (Å²) in [5.41, 5.74) is 1.16. The van der Waals surface area contributed by atoms with Gasteiger partial charge in [-0.3, -0.25) is 9.69 Å². The zero-order valence-corrected chi connectivity index (χ0v) is 20.2. The summed E-state index contributed by atoms with van der Waals surface area (Å²) in [6.07, 6.45) is 3.73. The number of hydrogen-bond acceptors (Lipinski definition) is 6. The summed E-state index contributed by atoms with van der Waals surface area (Å²) in [6.45, 7) is 8.85. The highest BCUT2D eigenvalue weighted by Crippen LogP contribution is 2.65. The Labute approximate surface area is 205 Å². The Morgan fingerprint density at radius 1 is 1.31 bits per heavy atom. The van der Waals surface area contributed by atoms with Gasteiger partial charge in [-0.25, -0.2) is 0 Å². The van der Waals surface area contributed by atoms with E-state index in [1.165, 1.54) is 12.0 Å². The number of phenolic OH excluding ortho intramolecular Hbond substituents is 1. The molecular weight excluding hydrogens is 444 g/mol. The number of nitrogens with zero attached hydrogens (tertiary/aromatic N) is 2. The van der Waals surface area contributed by atoms with Crippen LogP contribution in [0.1, 0.15) is 42.9 Å². The Morgan fingerprint density at radius 2 is 2.11 bits per heavy atom. The second-order valence-electron chi connectivity index (χ2n) is 10.4. The van der Waals surface area contributed by atoms with Gasteiger partial charge in [-0.2, -0.15) is 5.06 Å². The van der Waals surface area contributed by atoms with Crippen LogP contribution >= 0.6 is 0 Å². The molecule has 1 spiro atoms. The predicted octanol–water partition coefficient (Wildman–Crippen LogP) is 3.25. The number of hydrogen-bond donors (Lipinski definition) is 2. The number of amides is 1. The Kier molecular flexibility index (Phi) is 4.96. The van der Waals surface area contributed by atoms with Crippen molar-refractivity contribution in [3.8, 4) is 17.2 Å². The molecule has 1 saturated heterocycles. The van der Waals surface area contributed by atoms with E-state index >= 15 is 0 Å². The minimum atomic E-state index is -1.05. The lowest BCUT2D eigenvalue weighted by atomic mass is 9.48.